The summed E-state index contributed by atoms with van der Waals surface area (Å²) in [6.07, 6.45) is 0. The molecule has 1 unspecified atom stereocenters. The number of amidine groups is 1. The Morgan fingerprint density at radius 3 is 2.73 bits per heavy atom. The van der Waals surface area contributed by atoms with Crippen molar-refractivity contribution < 1.29 is 4.39 Å². The second-order valence-electron chi connectivity index (χ2n) is 2.97. The quantitative estimate of drug-likeness (QED) is 0.444. The molecule has 0 aliphatic carbocycles. The predicted molar refractivity (Wildman–Crippen MR) is 59.4 cm³/mol. The number of aliphatic imine (C=N–C) groups is 1. The smallest absolute Gasteiger partial charge is 0.197 e. The SMILES string of the molecule is Cc1nc(Cl)c(F)c2c1C(Cl)N=C(Cl)N2. The minimum atomic E-state index is -0.743. The summed E-state index contributed by atoms with van der Waals surface area (Å²) in [5, 5.41) is 2.39. The highest BCUT2D eigenvalue weighted by Crippen LogP contribution is 2.38. The van der Waals surface area contributed by atoms with Crippen molar-refractivity contribution >= 4 is 45.8 Å². The molecule has 0 saturated heterocycles. The number of hydrogen-bond donors (Lipinski definition) is 1. The van der Waals surface area contributed by atoms with Crippen LogP contribution in [0.15, 0.2) is 4.99 Å². The number of halogens is 4. The second kappa shape index (κ2) is 3.77. The van der Waals surface area contributed by atoms with Gasteiger partial charge in [0.05, 0.1) is 5.69 Å². The molecule has 80 valence electrons. The zero-order valence-electron chi connectivity index (χ0n) is 7.48. The lowest BCUT2D eigenvalue weighted by Gasteiger charge is -2.21. The summed E-state index contributed by atoms with van der Waals surface area (Å²) in [6, 6.07) is 0. The predicted octanol–water partition coefficient (Wildman–Crippen LogP) is 3.44. The van der Waals surface area contributed by atoms with Gasteiger partial charge in [0.15, 0.2) is 21.8 Å². The zero-order valence-corrected chi connectivity index (χ0v) is 9.75. The van der Waals surface area contributed by atoms with Gasteiger partial charge in [0.2, 0.25) is 0 Å². The fourth-order valence-electron chi connectivity index (χ4n) is 1.37. The van der Waals surface area contributed by atoms with Crippen LogP contribution in [0.4, 0.5) is 10.1 Å². The number of aryl methyl sites for hydroxylation is 1. The van der Waals surface area contributed by atoms with Crippen molar-refractivity contribution in [2.75, 3.05) is 5.32 Å². The minimum absolute atomic E-state index is 0.0306. The highest BCUT2D eigenvalue weighted by atomic mass is 35.5. The molecule has 7 heteroatoms. The van der Waals surface area contributed by atoms with Crippen LogP contribution >= 0.6 is 34.8 Å². The first-order chi connectivity index (χ1) is 7.00. The van der Waals surface area contributed by atoms with Gasteiger partial charge in [-0.15, -0.1) is 0 Å². The number of aromatic nitrogens is 1. The molecule has 0 bridgehead atoms. The third-order valence-electron chi connectivity index (χ3n) is 2.02. The summed E-state index contributed by atoms with van der Waals surface area (Å²) >= 11 is 17.1. The molecule has 1 aromatic heterocycles. The van der Waals surface area contributed by atoms with Crippen LogP contribution in [0.3, 0.4) is 0 Å². The summed E-state index contributed by atoms with van der Waals surface area (Å²) in [5.41, 5.74) is 0.389. The number of pyridine rings is 1. The van der Waals surface area contributed by atoms with Crippen LogP contribution in [0.5, 0.6) is 0 Å². The van der Waals surface area contributed by atoms with Gasteiger partial charge in [-0.1, -0.05) is 23.2 Å². The summed E-state index contributed by atoms with van der Waals surface area (Å²) in [5.74, 6) is -0.670. The van der Waals surface area contributed by atoms with Gasteiger partial charge in [0.25, 0.3) is 0 Å². The van der Waals surface area contributed by atoms with E-state index < -0.39 is 11.3 Å². The van der Waals surface area contributed by atoms with Crippen molar-refractivity contribution in [3.8, 4) is 0 Å². The third kappa shape index (κ3) is 1.77. The number of nitrogens with one attached hydrogen (secondary N) is 1. The number of nitrogens with zero attached hydrogens (tertiary/aromatic N) is 2. The van der Waals surface area contributed by atoms with Crippen LogP contribution < -0.4 is 5.32 Å². The Kier molecular flexibility index (Phi) is 2.75. The summed E-state index contributed by atoms with van der Waals surface area (Å²) < 4.78 is 13.6. The molecule has 1 N–H and O–H groups in total. The van der Waals surface area contributed by atoms with Gasteiger partial charge in [-0.3, -0.25) is 0 Å². The van der Waals surface area contributed by atoms with E-state index in [2.05, 4.69) is 15.3 Å². The lowest BCUT2D eigenvalue weighted by Crippen LogP contribution is -2.17. The van der Waals surface area contributed by atoms with E-state index in [-0.39, 0.29) is 16.1 Å². The summed E-state index contributed by atoms with van der Waals surface area (Å²) in [6.45, 7) is 1.68. The van der Waals surface area contributed by atoms with E-state index in [4.69, 9.17) is 34.8 Å². The van der Waals surface area contributed by atoms with Gasteiger partial charge in [-0.25, -0.2) is 14.4 Å². The molecular formula is C8H5Cl3FN3. The molecule has 0 fully saturated rings. The lowest BCUT2D eigenvalue weighted by atomic mass is 10.1. The van der Waals surface area contributed by atoms with E-state index in [1.807, 2.05) is 0 Å². The van der Waals surface area contributed by atoms with Gasteiger partial charge in [-0.05, 0) is 18.5 Å². The molecule has 0 aromatic carbocycles. The number of fused-ring (bicyclic) bond motifs is 1. The van der Waals surface area contributed by atoms with E-state index in [0.717, 1.165) is 0 Å². The normalized spacial score (nSPS) is 19.3. The first-order valence-corrected chi connectivity index (χ1v) is 5.20. The first kappa shape index (κ1) is 10.9. The van der Waals surface area contributed by atoms with Gasteiger partial charge < -0.3 is 5.32 Å². The number of hydrogen-bond acceptors (Lipinski definition) is 3. The van der Waals surface area contributed by atoms with Crippen molar-refractivity contribution in [1.82, 2.24) is 4.98 Å². The number of alkyl halides is 1. The average molecular weight is 269 g/mol. The Labute approximate surface area is 100 Å². The maximum atomic E-state index is 13.6. The van der Waals surface area contributed by atoms with Gasteiger partial charge in [0, 0.05) is 11.3 Å². The van der Waals surface area contributed by atoms with Gasteiger partial charge in [0.1, 0.15) is 0 Å². The molecule has 0 radical (unpaired) electrons. The minimum Gasteiger partial charge on any atom is -0.328 e. The van der Waals surface area contributed by atoms with E-state index in [1.165, 1.54) is 0 Å². The Morgan fingerprint density at radius 2 is 2.07 bits per heavy atom. The third-order valence-corrected chi connectivity index (χ3v) is 2.78. The summed E-state index contributed by atoms with van der Waals surface area (Å²) in [7, 11) is 0. The van der Waals surface area contributed by atoms with Crippen molar-refractivity contribution in [1.29, 1.82) is 0 Å². The van der Waals surface area contributed by atoms with Gasteiger partial charge >= 0.3 is 0 Å². The van der Waals surface area contributed by atoms with Crippen LogP contribution in [0.25, 0.3) is 0 Å². The molecule has 0 saturated carbocycles. The fourth-order valence-corrected chi connectivity index (χ4v) is 2.20. The molecule has 1 aliphatic rings. The molecule has 15 heavy (non-hydrogen) atoms. The molecule has 0 amide bonds. The molecule has 1 atom stereocenters. The topological polar surface area (TPSA) is 37.3 Å². The summed E-state index contributed by atoms with van der Waals surface area (Å²) in [4.78, 5) is 7.66. The van der Waals surface area contributed by atoms with Crippen molar-refractivity contribution in [3.63, 3.8) is 0 Å². The fraction of sp³-hybridized carbons (Fsp3) is 0.250. The molecule has 3 nitrogen and oxygen atoms in total. The largest absolute Gasteiger partial charge is 0.328 e. The Morgan fingerprint density at radius 1 is 1.40 bits per heavy atom. The van der Waals surface area contributed by atoms with Crippen LogP contribution in [-0.2, 0) is 0 Å². The van der Waals surface area contributed by atoms with E-state index >= 15 is 0 Å². The van der Waals surface area contributed by atoms with Crippen LogP contribution in [0.2, 0.25) is 5.15 Å². The second-order valence-corrected chi connectivity index (χ2v) is 4.10. The monoisotopic (exact) mass is 267 g/mol. The molecular weight excluding hydrogens is 263 g/mol. The highest BCUT2D eigenvalue weighted by Gasteiger charge is 2.26. The maximum absolute atomic E-state index is 13.6. The first-order valence-electron chi connectivity index (χ1n) is 4.00. The lowest BCUT2D eigenvalue weighted by molar-refractivity contribution is 0.621. The molecule has 1 aliphatic heterocycles. The maximum Gasteiger partial charge on any atom is 0.197 e. The Hall–Kier alpha value is -0.580. The van der Waals surface area contributed by atoms with Gasteiger partial charge in [-0.2, -0.15) is 0 Å². The van der Waals surface area contributed by atoms with Crippen molar-refractivity contribution in [2.45, 2.75) is 12.4 Å². The number of rotatable bonds is 0. The highest BCUT2D eigenvalue weighted by molar-refractivity contribution is 6.68. The Balaban J connectivity index is 2.69. The van der Waals surface area contributed by atoms with Crippen LogP contribution in [-0.4, -0.2) is 10.3 Å². The van der Waals surface area contributed by atoms with Crippen LogP contribution in [0, 0.1) is 12.7 Å². The molecule has 1 aromatic rings. The molecule has 0 spiro atoms. The molecule has 2 heterocycles. The number of anilines is 1. The molecule has 2 rings (SSSR count). The van der Waals surface area contributed by atoms with E-state index in [0.29, 0.717) is 11.3 Å². The standard InChI is InChI=1S/C8H5Cl3FN3/c1-2-3-5(4(12)7(10)13-2)14-8(11)15-6(3)9/h6H,1H3,(H,14,15). The van der Waals surface area contributed by atoms with Crippen LogP contribution in [0.1, 0.15) is 16.8 Å². The van der Waals surface area contributed by atoms with E-state index in [9.17, 15) is 4.39 Å². The van der Waals surface area contributed by atoms with E-state index in [1.54, 1.807) is 6.92 Å². The zero-order chi connectivity index (χ0) is 11.2. The van der Waals surface area contributed by atoms with Crippen molar-refractivity contribution in [2.24, 2.45) is 4.99 Å². The average Bonchev–Trinajstić information content (AvgIpc) is 2.12. The Bertz CT molecular complexity index is 461. The van der Waals surface area contributed by atoms with Crippen molar-refractivity contribution in [3.05, 3.63) is 22.2 Å².